The van der Waals surface area contributed by atoms with Crippen molar-refractivity contribution < 1.29 is 48.5 Å². The summed E-state index contributed by atoms with van der Waals surface area (Å²) in [4.78, 5) is 97.8. The van der Waals surface area contributed by atoms with E-state index >= 15 is 0 Å². The number of allylic oxidation sites excluding steroid dienone is 3. The molecule has 0 spiro atoms. The van der Waals surface area contributed by atoms with Gasteiger partial charge in [-0.2, -0.15) is 0 Å². The van der Waals surface area contributed by atoms with E-state index in [1.165, 1.54) is 33.9 Å². The number of guanidine groups is 1. The summed E-state index contributed by atoms with van der Waals surface area (Å²) in [6.45, 7) is 8.26. The van der Waals surface area contributed by atoms with Crippen LogP contribution in [0, 0.1) is 17.8 Å². The maximum Gasteiger partial charge on any atom is 0.327 e. The maximum atomic E-state index is 14.1. The molecule has 1 aromatic carbocycles. The lowest BCUT2D eigenvalue weighted by Crippen LogP contribution is -2.56. The molecule has 1 aliphatic rings. The predicted molar refractivity (Wildman–Crippen MR) is 225 cm³/mol. The van der Waals surface area contributed by atoms with E-state index in [2.05, 4.69) is 26.3 Å². The van der Waals surface area contributed by atoms with E-state index in [4.69, 9.17) is 16.2 Å². The number of aliphatic imine (C=N–C) groups is 1. The highest BCUT2D eigenvalue weighted by molar-refractivity contribution is 6.00. The molecule has 18 nitrogen and oxygen atoms in total. The molecule has 8 atom stereocenters. The van der Waals surface area contributed by atoms with Crippen LogP contribution < -0.4 is 32.7 Å². The number of carbonyl (C=O) groups is 7. The highest BCUT2D eigenvalue weighted by Gasteiger charge is 2.36. The monoisotopic (exact) mass is 838 g/mol. The number of hydrogen-bond acceptors (Lipinski definition) is 9. The van der Waals surface area contributed by atoms with E-state index in [1.807, 2.05) is 50.3 Å². The number of nitrogens with two attached hydrogens (primary N) is 2. The van der Waals surface area contributed by atoms with Crippen molar-refractivity contribution in [2.24, 2.45) is 34.2 Å². The molecule has 1 fully saturated rings. The van der Waals surface area contributed by atoms with Crippen LogP contribution in [-0.2, 0) is 44.7 Å². The Morgan fingerprint density at radius 3 is 2.18 bits per heavy atom. The molecule has 0 unspecified atom stereocenters. The summed E-state index contributed by atoms with van der Waals surface area (Å²) in [5, 5.41) is 30.3. The fourth-order valence-corrected chi connectivity index (χ4v) is 6.55. The Balaban J connectivity index is 2.63. The SMILES string of the molecule is C/C=C1\C(=O)N[C@@H](C(=O)O)[C@@H](C)C(=O)N[C@H](CCCCN=C(N)N)C(=O)N[C@H](/C=C/C(C)=C\[C@H](C)[C@@H](Cc2ccccc2)OC)[C@@H](C)C(=O)N[C@@H](C(=O)O)CCC(=O)N1C. The van der Waals surface area contributed by atoms with Crippen molar-refractivity contribution in [3.05, 3.63) is 71.5 Å². The molecule has 0 bridgehead atoms. The van der Waals surface area contributed by atoms with Gasteiger partial charge in [-0.05, 0) is 51.5 Å². The lowest BCUT2D eigenvalue weighted by Gasteiger charge is -2.28. The third-order valence-electron chi connectivity index (χ3n) is 10.3. The Morgan fingerprint density at radius 1 is 0.950 bits per heavy atom. The summed E-state index contributed by atoms with van der Waals surface area (Å²) in [7, 11) is 2.89. The van der Waals surface area contributed by atoms with Gasteiger partial charge in [0.1, 0.15) is 23.8 Å². The highest BCUT2D eigenvalue weighted by Crippen LogP contribution is 2.19. The molecule has 0 saturated carbocycles. The van der Waals surface area contributed by atoms with Crippen LogP contribution in [0.1, 0.15) is 72.3 Å². The van der Waals surface area contributed by atoms with Crippen molar-refractivity contribution in [1.82, 2.24) is 26.2 Å². The van der Waals surface area contributed by atoms with Crippen LogP contribution >= 0.6 is 0 Å². The Bertz CT molecular complexity index is 1790. The Labute approximate surface area is 351 Å². The third kappa shape index (κ3) is 16.0. The van der Waals surface area contributed by atoms with E-state index in [-0.39, 0.29) is 43.1 Å². The van der Waals surface area contributed by atoms with E-state index in [9.17, 15) is 43.8 Å². The summed E-state index contributed by atoms with van der Waals surface area (Å²) in [6.07, 6.45) is 7.02. The number of carboxylic acid groups (broad SMARTS) is 2. The summed E-state index contributed by atoms with van der Waals surface area (Å²) in [6, 6.07) is 4.21. The van der Waals surface area contributed by atoms with Gasteiger partial charge in [-0.25, -0.2) is 9.59 Å². The minimum absolute atomic E-state index is 0.0401. The van der Waals surface area contributed by atoms with E-state index in [0.717, 1.165) is 16.0 Å². The van der Waals surface area contributed by atoms with Crippen molar-refractivity contribution >= 4 is 47.4 Å². The van der Waals surface area contributed by atoms with Crippen molar-refractivity contribution in [2.75, 3.05) is 20.7 Å². The first-order valence-electron chi connectivity index (χ1n) is 19.9. The largest absolute Gasteiger partial charge is 0.480 e. The van der Waals surface area contributed by atoms with Gasteiger partial charge in [0.15, 0.2) is 5.96 Å². The number of ether oxygens (including phenoxy) is 1. The number of hydrogen-bond donors (Lipinski definition) is 8. The molecule has 1 aliphatic heterocycles. The zero-order valence-electron chi connectivity index (χ0n) is 35.5. The lowest BCUT2D eigenvalue weighted by atomic mass is 9.94. The topological polar surface area (TPSA) is 285 Å². The zero-order valence-corrected chi connectivity index (χ0v) is 35.5. The number of rotatable bonds is 14. The number of carboxylic acids is 2. The van der Waals surface area contributed by atoms with Gasteiger partial charge in [0.25, 0.3) is 5.91 Å². The molecule has 1 heterocycles. The first-order valence-corrected chi connectivity index (χ1v) is 19.9. The van der Waals surface area contributed by atoms with Crippen molar-refractivity contribution in [2.45, 2.75) is 103 Å². The molecule has 0 aromatic heterocycles. The molecule has 5 amide bonds. The number of unbranched alkanes of at least 4 members (excludes halogenated alkanes) is 1. The Hall–Kier alpha value is -6.04. The van der Waals surface area contributed by atoms with Gasteiger partial charge in [-0.3, -0.25) is 29.0 Å². The summed E-state index contributed by atoms with van der Waals surface area (Å²) >= 11 is 0. The predicted octanol–water partition coefficient (Wildman–Crippen LogP) is 1.36. The minimum atomic E-state index is -1.79. The van der Waals surface area contributed by atoms with Gasteiger partial charge >= 0.3 is 11.9 Å². The van der Waals surface area contributed by atoms with E-state index < -0.39 is 83.9 Å². The van der Waals surface area contributed by atoms with E-state index in [0.29, 0.717) is 19.3 Å². The number of benzene rings is 1. The lowest BCUT2D eigenvalue weighted by molar-refractivity contribution is -0.146. The molecule has 0 radical (unpaired) electrons. The van der Waals surface area contributed by atoms with Crippen LogP contribution in [-0.4, -0.2) is 114 Å². The first-order chi connectivity index (χ1) is 28.3. The van der Waals surface area contributed by atoms with Gasteiger partial charge in [-0.15, -0.1) is 0 Å². The molecule has 60 heavy (non-hydrogen) atoms. The molecule has 18 heteroatoms. The van der Waals surface area contributed by atoms with Crippen LogP contribution in [0.2, 0.25) is 0 Å². The second kappa shape index (κ2) is 24.8. The molecule has 2 rings (SSSR count). The number of likely N-dealkylation sites (N-methyl/N-ethyl adjacent to an activating group) is 1. The molecule has 330 valence electrons. The summed E-state index contributed by atoms with van der Waals surface area (Å²) < 4.78 is 5.80. The molecule has 1 aromatic rings. The average Bonchev–Trinajstić information content (AvgIpc) is 3.20. The highest BCUT2D eigenvalue weighted by atomic mass is 16.5. The van der Waals surface area contributed by atoms with Crippen LogP contribution in [0.4, 0.5) is 0 Å². The maximum absolute atomic E-state index is 14.1. The summed E-state index contributed by atoms with van der Waals surface area (Å²) in [5.74, 6) is -9.73. The standard InChI is InChI=1S/C42H62N8O10/c1-8-32-39(55)49-35(41(58)59)27(5)37(53)47-30(16-12-13-21-45-42(43)44)38(54)46-29(26(4)36(52)48-31(40(56)57)19-20-34(51)50(32)6)18-17-24(2)22-25(3)33(60-7)23-28-14-10-9-11-15-28/h8-11,14-15,17-18,22,25-27,29-31,33,35H,12-13,16,19-21,23H2,1-7H3,(H,46,54)(H,47,53)(H,48,52)(H,49,55)(H,56,57)(H,58,59)(H4,43,44,45)/b18-17+,24-22-,32-8+/t25-,26+,27+,29+,30+,31+,33+,35+/m0/s1. The number of nitrogens with zero attached hydrogens (tertiary/aromatic N) is 2. The molecule has 0 aliphatic carbocycles. The second-order valence-electron chi connectivity index (χ2n) is 14.9. The fraction of sp³-hybridized carbons (Fsp3) is 0.524. The van der Waals surface area contributed by atoms with Gasteiger partial charge in [0, 0.05) is 33.0 Å². The average molecular weight is 839 g/mol. The van der Waals surface area contributed by atoms with Crippen LogP contribution in [0.15, 0.2) is 70.9 Å². The zero-order chi connectivity index (χ0) is 45.1. The molecular formula is C42H62N8O10. The number of amides is 5. The van der Waals surface area contributed by atoms with Crippen molar-refractivity contribution in [3.63, 3.8) is 0 Å². The quantitative estimate of drug-likeness (QED) is 0.0434. The number of methoxy groups -OCH3 is 1. The second-order valence-corrected chi connectivity index (χ2v) is 14.9. The van der Waals surface area contributed by atoms with Crippen molar-refractivity contribution in [1.29, 1.82) is 0 Å². The van der Waals surface area contributed by atoms with Crippen LogP contribution in [0.5, 0.6) is 0 Å². The van der Waals surface area contributed by atoms with Crippen LogP contribution in [0.25, 0.3) is 0 Å². The first kappa shape index (κ1) is 50.1. The third-order valence-corrected chi connectivity index (χ3v) is 10.3. The Kier molecular flexibility index (Phi) is 20.7. The smallest absolute Gasteiger partial charge is 0.327 e. The summed E-state index contributed by atoms with van der Waals surface area (Å²) in [5.41, 5.74) is 12.5. The van der Waals surface area contributed by atoms with Gasteiger partial charge < -0.3 is 52.6 Å². The van der Waals surface area contributed by atoms with Gasteiger partial charge in [-0.1, -0.05) is 81.0 Å². The fourth-order valence-electron chi connectivity index (χ4n) is 6.55. The number of carbonyl (C=O) groups excluding carboxylic acids is 5. The number of aliphatic carboxylic acids is 2. The minimum Gasteiger partial charge on any atom is -0.480 e. The van der Waals surface area contributed by atoms with Crippen LogP contribution in [0.3, 0.4) is 0 Å². The normalized spacial score (nSPS) is 24.9. The molecule has 10 N–H and O–H groups in total. The molecular weight excluding hydrogens is 777 g/mol. The Morgan fingerprint density at radius 2 is 1.60 bits per heavy atom. The number of nitrogens with one attached hydrogen (secondary N) is 4. The van der Waals surface area contributed by atoms with Crippen molar-refractivity contribution in [3.8, 4) is 0 Å². The van der Waals surface area contributed by atoms with Gasteiger partial charge in [0.2, 0.25) is 23.6 Å². The van der Waals surface area contributed by atoms with E-state index in [1.54, 1.807) is 19.3 Å². The molecule has 1 saturated heterocycles. The van der Waals surface area contributed by atoms with Gasteiger partial charge in [0.05, 0.1) is 24.0 Å².